The number of nitrogen functional groups attached to an aromatic ring is 1. The van der Waals surface area contributed by atoms with Crippen LogP contribution < -0.4 is 5.73 Å². The summed E-state index contributed by atoms with van der Waals surface area (Å²) in [6.07, 6.45) is 5.25. The Hall–Kier alpha value is -2.06. The molecule has 0 atom stereocenters. The molecule has 1 heterocycles. The monoisotopic (exact) mass is 261 g/mol. The summed E-state index contributed by atoms with van der Waals surface area (Å²) in [6, 6.07) is 4.04. The number of anilines is 1. The lowest BCUT2D eigenvalue weighted by Gasteiger charge is -2.33. The van der Waals surface area contributed by atoms with Crippen LogP contribution in [0.3, 0.4) is 0 Å². The second-order valence-corrected chi connectivity index (χ2v) is 4.51. The maximum absolute atomic E-state index is 13.6. The van der Waals surface area contributed by atoms with Gasteiger partial charge in [0.1, 0.15) is 5.82 Å². The van der Waals surface area contributed by atoms with Gasteiger partial charge in [0.25, 0.3) is 5.91 Å². The Bertz CT molecular complexity index is 516. The summed E-state index contributed by atoms with van der Waals surface area (Å²) >= 11 is 0. The van der Waals surface area contributed by atoms with Gasteiger partial charge >= 0.3 is 0 Å². The molecule has 19 heavy (non-hydrogen) atoms. The van der Waals surface area contributed by atoms with Crippen LogP contribution >= 0.6 is 0 Å². The molecule has 5 heteroatoms. The number of carbonyl (C=O) groups is 1. The summed E-state index contributed by atoms with van der Waals surface area (Å²) in [5.41, 5.74) is 6.01. The van der Waals surface area contributed by atoms with Crippen LogP contribution in [0.15, 0.2) is 18.2 Å². The number of terminal acetylenes is 1. The normalized spacial score (nSPS) is 16.1. The quantitative estimate of drug-likeness (QED) is 0.633. The average molecular weight is 261 g/mol. The van der Waals surface area contributed by atoms with E-state index in [0.29, 0.717) is 38.4 Å². The lowest BCUT2D eigenvalue weighted by Crippen LogP contribution is -2.48. The number of hydrogen-bond donors (Lipinski definition) is 1. The molecule has 1 fully saturated rings. The van der Waals surface area contributed by atoms with E-state index < -0.39 is 5.82 Å². The predicted octanol–water partition coefficient (Wildman–Crippen LogP) is 0.799. The Morgan fingerprint density at radius 2 is 2.05 bits per heavy atom. The highest BCUT2D eigenvalue weighted by atomic mass is 19.1. The molecule has 2 N–H and O–H groups in total. The first-order chi connectivity index (χ1) is 9.11. The van der Waals surface area contributed by atoms with Crippen LogP contribution in [-0.4, -0.2) is 48.4 Å². The molecule has 0 unspecified atom stereocenters. The van der Waals surface area contributed by atoms with Gasteiger partial charge in [0.2, 0.25) is 0 Å². The van der Waals surface area contributed by atoms with Crippen molar-refractivity contribution < 1.29 is 9.18 Å². The topological polar surface area (TPSA) is 49.6 Å². The molecule has 1 saturated heterocycles. The first-order valence-corrected chi connectivity index (χ1v) is 6.12. The van der Waals surface area contributed by atoms with Gasteiger partial charge in [0.15, 0.2) is 0 Å². The second-order valence-electron chi connectivity index (χ2n) is 4.51. The predicted molar refractivity (Wildman–Crippen MR) is 72.0 cm³/mol. The molecule has 1 aliphatic rings. The average Bonchev–Trinajstić information content (AvgIpc) is 2.42. The van der Waals surface area contributed by atoms with Crippen molar-refractivity contribution in [2.45, 2.75) is 0 Å². The highest BCUT2D eigenvalue weighted by Gasteiger charge is 2.23. The number of rotatable bonds is 2. The highest BCUT2D eigenvalue weighted by molar-refractivity contribution is 5.95. The third-order valence-electron chi connectivity index (χ3n) is 3.20. The van der Waals surface area contributed by atoms with Crippen LogP contribution in [-0.2, 0) is 0 Å². The van der Waals surface area contributed by atoms with E-state index in [1.54, 1.807) is 4.90 Å². The van der Waals surface area contributed by atoms with Crippen molar-refractivity contribution in [2.24, 2.45) is 0 Å². The smallest absolute Gasteiger partial charge is 0.256 e. The minimum atomic E-state index is -0.537. The van der Waals surface area contributed by atoms with Crippen molar-refractivity contribution in [3.63, 3.8) is 0 Å². The fraction of sp³-hybridized carbons (Fsp3) is 0.357. The van der Waals surface area contributed by atoms with E-state index in [4.69, 9.17) is 12.2 Å². The van der Waals surface area contributed by atoms with Crippen molar-refractivity contribution >= 4 is 11.6 Å². The van der Waals surface area contributed by atoms with E-state index in [0.717, 1.165) is 0 Å². The third kappa shape index (κ3) is 3.04. The SMILES string of the molecule is C#CCN1CCN(C(=O)c2cc(N)ccc2F)CC1. The van der Waals surface area contributed by atoms with E-state index in [1.165, 1.54) is 18.2 Å². The highest BCUT2D eigenvalue weighted by Crippen LogP contribution is 2.15. The minimum absolute atomic E-state index is 0.0328. The van der Waals surface area contributed by atoms with Crippen LogP contribution in [0.2, 0.25) is 0 Å². The lowest BCUT2D eigenvalue weighted by molar-refractivity contribution is 0.0647. The fourth-order valence-electron chi connectivity index (χ4n) is 2.12. The van der Waals surface area contributed by atoms with Crippen molar-refractivity contribution in [1.29, 1.82) is 0 Å². The molecule has 1 amide bonds. The Morgan fingerprint density at radius 1 is 1.37 bits per heavy atom. The summed E-state index contributed by atoms with van der Waals surface area (Å²) in [6.45, 7) is 3.10. The standard InChI is InChI=1S/C14H16FN3O/c1-2-5-17-6-8-18(9-7-17)14(19)12-10-11(16)3-4-13(12)15/h1,3-4,10H,5-9,16H2. The molecule has 0 aliphatic carbocycles. The summed E-state index contributed by atoms with van der Waals surface area (Å²) in [5.74, 6) is 1.72. The maximum Gasteiger partial charge on any atom is 0.256 e. The first-order valence-electron chi connectivity index (χ1n) is 6.12. The Labute approximate surface area is 112 Å². The van der Waals surface area contributed by atoms with Crippen molar-refractivity contribution in [3.05, 3.63) is 29.6 Å². The van der Waals surface area contributed by atoms with Crippen LogP contribution in [0, 0.1) is 18.2 Å². The van der Waals surface area contributed by atoms with Gasteiger partial charge in [-0.2, -0.15) is 0 Å². The number of nitrogens with zero attached hydrogens (tertiary/aromatic N) is 2. The van der Waals surface area contributed by atoms with Crippen molar-refractivity contribution in [1.82, 2.24) is 9.80 Å². The second kappa shape index (κ2) is 5.72. The lowest BCUT2D eigenvalue weighted by atomic mass is 10.1. The minimum Gasteiger partial charge on any atom is -0.399 e. The zero-order valence-electron chi connectivity index (χ0n) is 10.6. The van der Waals surface area contributed by atoms with Gasteiger partial charge in [-0.1, -0.05) is 5.92 Å². The molecule has 0 spiro atoms. The number of benzene rings is 1. The molecule has 4 nitrogen and oxygen atoms in total. The zero-order valence-corrected chi connectivity index (χ0v) is 10.6. The largest absolute Gasteiger partial charge is 0.399 e. The van der Waals surface area contributed by atoms with Gasteiger partial charge in [-0.15, -0.1) is 6.42 Å². The van der Waals surface area contributed by atoms with Gasteiger partial charge in [-0.3, -0.25) is 9.69 Å². The third-order valence-corrected chi connectivity index (χ3v) is 3.20. The Morgan fingerprint density at radius 3 is 2.68 bits per heavy atom. The van der Waals surface area contributed by atoms with Crippen LogP contribution in [0.5, 0.6) is 0 Å². The fourth-order valence-corrected chi connectivity index (χ4v) is 2.12. The molecule has 100 valence electrons. The molecule has 1 aromatic carbocycles. The molecule has 2 rings (SSSR count). The number of nitrogens with two attached hydrogens (primary N) is 1. The van der Waals surface area contributed by atoms with E-state index >= 15 is 0 Å². The van der Waals surface area contributed by atoms with Gasteiger partial charge in [-0.05, 0) is 18.2 Å². The van der Waals surface area contributed by atoms with Crippen LogP contribution in [0.25, 0.3) is 0 Å². The molecule has 1 aromatic rings. The van der Waals surface area contributed by atoms with E-state index in [1.807, 2.05) is 0 Å². The molecule has 1 aliphatic heterocycles. The Balaban J connectivity index is 2.05. The van der Waals surface area contributed by atoms with Crippen molar-refractivity contribution in [3.8, 4) is 12.3 Å². The number of hydrogen-bond acceptors (Lipinski definition) is 3. The van der Waals surface area contributed by atoms with Crippen molar-refractivity contribution in [2.75, 3.05) is 38.5 Å². The first kappa shape index (κ1) is 13.4. The molecule has 0 radical (unpaired) electrons. The molecule has 0 bridgehead atoms. The summed E-state index contributed by atoms with van der Waals surface area (Å²) in [5, 5.41) is 0. The maximum atomic E-state index is 13.6. The van der Waals surface area contributed by atoms with E-state index in [9.17, 15) is 9.18 Å². The molecular weight excluding hydrogens is 245 g/mol. The van der Waals surface area contributed by atoms with Gasteiger partial charge in [0.05, 0.1) is 12.1 Å². The molecule has 0 saturated carbocycles. The van der Waals surface area contributed by atoms with Crippen LogP contribution in [0.1, 0.15) is 10.4 Å². The Kier molecular flexibility index (Phi) is 4.03. The van der Waals surface area contributed by atoms with E-state index in [2.05, 4.69) is 10.8 Å². The number of halogens is 1. The van der Waals surface area contributed by atoms with Gasteiger partial charge < -0.3 is 10.6 Å². The summed E-state index contributed by atoms with van der Waals surface area (Å²) in [7, 11) is 0. The zero-order chi connectivity index (χ0) is 13.8. The summed E-state index contributed by atoms with van der Waals surface area (Å²) in [4.78, 5) is 15.9. The molecule has 0 aromatic heterocycles. The number of amides is 1. The van der Waals surface area contributed by atoms with Crippen LogP contribution in [0.4, 0.5) is 10.1 Å². The number of piperazine rings is 1. The van der Waals surface area contributed by atoms with Gasteiger partial charge in [0, 0.05) is 31.9 Å². The van der Waals surface area contributed by atoms with E-state index in [-0.39, 0.29) is 11.5 Å². The summed E-state index contributed by atoms with van der Waals surface area (Å²) < 4.78 is 13.6. The molecular formula is C14H16FN3O. The van der Waals surface area contributed by atoms with Gasteiger partial charge in [-0.25, -0.2) is 4.39 Å². The number of carbonyl (C=O) groups excluding carboxylic acids is 1.